The molecule has 0 atom stereocenters. The Hall–Kier alpha value is -4.01. The summed E-state index contributed by atoms with van der Waals surface area (Å²) in [4.78, 5) is 4.58. The van der Waals surface area contributed by atoms with E-state index in [9.17, 15) is 0 Å². The highest BCUT2D eigenvalue weighted by atomic mass is 16.7. The summed E-state index contributed by atoms with van der Waals surface area (Å²) in [6.07, 6.45) is 0. The maximum absolute atomic E-state index is 6.08. The summed E-state index contributed by atoms with van der Waals surface area (Å²) < 4.78 is 10.7. The van der Waals surface area contributed by atoms with Gasteiger partial charge >= 0.3 is 0 Å². The highest BCUT2D eigenvalue weighted by Crippen LogP contribution is 2.32. The molecule has 0 saturated carbocycles. The molecule has 0 amide bonds. The third kappa shape index (κ3) is 3.09. The Bertz CT molecular complexity index is 1160. The van der Waals surface area contributed by atoms with E-state index in [1.807, 2.05) is 48.5 Å². The number of H-pyrrole nitrogens is 1. The summed E-state index contributed by atoms with van der Waals surface area (Å²) in [6.45, 7) is 0.860. The van der Waals surface area contributed by atoms with Crippen LogP contribution >= 0.6 is 0 Å². The van der Waals surface area contributed by atoms with Gasteiger partial charge in [-0.3, -0.25) is 0 Å². The lowest BCUT2D eigenvalue weighted by Crippen LogP contribution is -2.05. The van der Waals surface area contributed by atoms with Gasteiger partial charge in [-0.05, 0) is 48.0 Å². The van der Waals surface area contributed by atoms with Crippen molar-refractivity contribution in [2.45, 2.75) is 6.54 Å². The zero-order valence-electron chi connectivity index (χ0n) is 14.8. The second-order valence-electron chi connectivity index (χ2n) is 6.33. The summed E-state index contributed by atoms with van der Waals surface area (Å²) in [7, 11) is 0. The van der Waals surface area contributed by atoms with Crippen LogP contribution in [-0.4, -0.2) is 27.2 Å². The van der Waals surface area contributed by atoms with Gasteiger partial charge in [-0.2, -0.15) is 15.4 Å². The number of nitrogens with one attached hydrogen (secondary N) is 3. The number of aromatic amines is 1. The largest absolute Gasteiger partial charge is 0.454 e. The summed E-state index contributed by atoms with van der Waals surface area (Å²) in [5, 5.41) is 17.3. The number of hydrogen-bond donors (Lipinski definition) is 4. The molecule has 1 aliphatic rings. The van der Waals surface area contributed by atoms with E-state index in [1.54, 1.807) is 0 Å². The molecule has 0 saturated heterocycles. The van der Waals surface area contributed by atoms with Gasteiger partial charge in [-0.25, -0.2) is 4.98 Å². The number of pyridine rings is 1. The van der Waals surface area contributed by atoms with Crippen molar-refractivity contribution in [1.29, 1.82) is 0 Å². The molecular formula is C19H17N7O2. The van der Waals surface area contributed by atoms with Crippen LogP contribution in [0.3, 0.4) is 0 Å². The highest BCUT2D eigenvalue weighted by Gasteiger charge is 2.13. The first-order chi connectivity index (χ1) is 13.7. The molecule has 0 bridgehead atoms. The molecule has 1 aliphatic heterocycles. The van der Waals surface area contributed by atoms with Crippen molar-refractivity contribution < 1.29 is 9.47 Å². The summed E-state index contributed by atoms with van der Waals surface area (Å²) in [5.41, 5.74) is 10.1. The Morgan fingerprint density at radius 3 is 2.82 bits per heavy atom. The minimum Gasteiger partial charge on any atom is -0.454 e. The minimum absolute atomic E-state index is 0.265. The van der Waals surface area contributed by atoms with E-state index in [1.165, 1.54) is 0 Å². The van der Waals surface area contributed by atoms with Crippen molar-refractivity contribution in [3.05, 3.63) is 54.1 Å². The summed E-state index contributed by atoms with van der Waals surface area (Å²) >= 11 is 0. The molecular weight excluding hydrogens is 358 g/mol. The number of nitrogen functional groups attached to an aromatic ring is 1. The van der Waals surface area contributed by atoms with Crippen LogP contribution in [0.15, 0.2) is 48.5 Å². The maximum atomic E-state index is 6.08. The van der Waals surface area contributed by atoms with Gasteiger partial charge in [0.25, 0.3) is 0 Å². The Morgan fingerprint density at radius 2 is 1.86 bits per heavy atom. The number of rotatable bonds is 5. The van der Waals surface area contributed by atoms with E-state index in [4.69, 9.17) is 15.2 Å². The Morgan fingerprint density at radius 1 is 0.964 bits per heavy atom. The molecule has 5 N–H and O–H groups in total. The van der Waals surface area contributed by atoms with Crippen molar-refractivity contribution in [1.82, 2.24) is 20.4 Å². The van der Waals surface area contributed by atoms with Crippen LogP contribution in [0.2, 0.25) is 0 Å². The number of nitrogens with two attached hydrogens (primary N) is 1. The van der Waals surface area contributed by atoms with Crippen LogP contribution in [0.5, 0.6) is 11.5 Å². The van der Waals surface area contributed by atoms with Gasteiger partial charge in [0, 0.05) is 12.2 Å². The molecule has 0 fully saturated rings. The first kappa shape index (κ1) is 16.2. The van der Waals surface area contributed by atoms with Gasteiger partial charge in [0.05, 0.1) is 5.69 Å². The van der Waals surface area contributed by atoms with Crippen LogP contribution in [-0.2, 0) is 6.54 Å². The fraction of sp³-hybridized carbons (Fsp3) is 0.105. The second kappa shape index (κ2) is 6.62. The van der Waals surface area contributed by atoms with Crippen LogP contribution in [0.25, 0.3) is 11.0 Å². The molecule has 28 heavy (non-hydrogen) atoms. The molecule has 140 valence electrons. The Kier molecular flexibility index (Phi) is 3.82. The van der Waals surface area contributed by atoms with Gasteiger partial charge in [-0.15, -0.1) is 0 Å². The van der Waals surface area contributed by atoms with E-state index in [0.29, 0.717) is 23.9 Å². The number of hydrogen-bond acceptors (Lipinski definition) is 8. The first-order valence-electron chi connectivity index (χ1n) is 8.71. The highest BCUT2D eigenvalue weighted by molar-refractivity contribution is 5.80. The molecule has 0 radical (unpaired) electrons. The van der Waals surface area contributed by atoms with Gasteiger partial charge < -0.3 is 25.8 Å². The molecule has 9 nitrogen and oxygen atoms in total. The summed E-state index contributed by atoms with van der Waals surface area (Å²) in [6, 6.07) is 15.2. The molecule has 0 unspecified atom stereocenters. The Labute approximate surface area is 159 Å². The van der Waals surface area contributed by atoms with E-state index < -0.39 is 0 Å². The topological polar surface area (TPSA) is 123 Å². The van der Waals surface area contributed by atoms with Crippen molar-refractivity contribution in [3.63, 3.8) is 0 Å². The predicted molar refractivity (Wildman–Crippen MR) is 106 cm³/mol. The van der Waals surface area contributed by atoms with Gasteiger partial charge in [-0.1, -0.05) is 6.07 Å². The van der Waals surface area contributed by atoms with Crippen LogP contribution in [0.1, 0.15) is 5.56 Å². The summed E-state index contributed by atoms with van der Waals surface area (Å²) in [5.74, 6) is 2.80. The number of ether oxygens (including phenoxy) is 2. The van der Waals surface area contributed by atoms with E-state index in [0.717, 1.165) is 33.8 Å². The zero-order valence-corrected chi connectivity index (χ0v) is 14.8. The number of aromatic nitrogens is 4. The van der Waals surface area contributed by atoms with Gasteiger partial charge in [0.1, 0.15) is 16.9 Å². The monoisotopic (exact) mass is 375 g/mol. The SMILES string of the molecule is Nc1ccc(NCc2ccc3c(c2)OCO3)nc1Nc1ccc2n[nH]nc2c1. The van der Waals surface area contributed by atoms with Crippen molar-refractivity contribution in [2.24, 2.45) is 0 Å². The molecule has 0 spiro atoms. The fourth-order valence-electron chi connectivity index (χ4n) is 2.97. The van der Waals surface area contributed by atoms with E-state index >= 15 is 0 Å². The maximum Gasteiger partial charge on any atom is 0.231 e. The number of nitrogens with zero attached hydrogens (tertiary/aromatic N) is 3. The van der Waals surface area contributed by atoms with E-state index in [2.05, 4.69) is 31.0 Å². The van der Waals surface area contributed by atoms with Crippen LogP contribution < -0.4 is 25.8 Å². The zero-order chi connectivity index (χ0) is 18.9. The first-order valence-corrected chi connectivity index (χ1v) is 8.71. The second-order valence-corrected chi connectivity index (χ2v) is 6.33. The third-order valence-electron chi connectivity index (χ3n) is 4.42. The number of fused-ring (bicyclic) bond motifs is 2. The molecule has 4 aromatic rings. The molecule has 2 aromatic heterocycles. The van der Waals surface area contributed by atoms with Gasteiger partial charge in [0.15, 0.2) is 17.3 Å². The molecule has 3 heterocycles. The number of anilines is 4. The standard InChI is InChI=1S/C19H17N7O2/c20-13-3-6-18(21-9-11-1-5-16-17(7-11)28-10-27-16)23-19(13)22-12-2-4-14-15(8-12)25-26-24-14/h1-8H,9-10,20H2,(H2,21,22,23)(H,24,25,26). The molecule has 9 heteroatoms. The Balaban J connectivity index is 1.32. The smallest absolute Gasteiger partial charge is 0.231 e. The fourth-order valence-corrected chi connectivity index (χ4v) is 2.97. The van der Waals surface area contributed by atoms with Gasteiger partial charge in [0.2, 0.25) is 6.79 Å². The lowest BCUT2D eigenvalue weighted by atomic mass is 10.2. The predicted octanol–water partition coefficient (Wildman–Crippen LogP) is 3.02. The molecule has 0 aliphatic carbocycles. The normalized spacial score (nSPS) is 12.3. The van der Waals surface area contributed by atoms with E-state index in [-0.39, 0.29) is 6.79 Å². The van der Waals surface area contributed by atoms with Crippen molar-refractivity contribution in [2.75, 3.05) is 23.2 Å². The minimum atomic E-state index is 0.265. The van der Waals surface area contributed by atoms with Crippen LogP contribution in [0.4, 0.5) is 23.0 Å². The molecule has 2 aromatic carbocycles. The van der Waals surface area contributed by atoms with Crippen molar-refractivity contribution in [3.8, 4) is 11.5 Å². The van der Waals surface area contributed by atoms with Crippen molar-refractivity contribution >= 4 is 34.0 Å². The van der Waals surface area contributed by atoms with Crippen LogP contribution in [0, 0.1) is 0 Å². The average Bonchev–Trinajstić information content (AvgIpc) is 3.36. The lowest BCUT2D eigenvalue weighted by molar-refractivity contribution is 0.174. The number of benzene rings is 2. The third-order valence-corrected chi connectivity index (χ3v) is 4.42. The average molecular weight is 375 g/mol. The lowest BCUT2D eigenvalue weighted by Gasteiger charge is -2.12. The quantitative estimate of drug-likeness (QED) is 0.420. The molecule has 5 rings (SSSR count).